The number of nitrogens with two attached hydrogens (primary N) is 1. The molecule has 286 valence electrons. The zero-order valence-corrected chi connectivity index (χ0v) is 30.5. The van der Waals surface area contributed by atoms with Crippen LogP contribution < -0.4 is 21.9 Å². The van der Waals surface area contributed by atoms with Gasteiger partial charge in [-0.15, -0.1) is 0 Å². The fourth-order valence-electron chi connectivity index (χ4n) is 9.54. The van der Waals surface area contributed by atoms with E-state index in [2.05, 4.69) is 37.4 Å². The molecule has 0 radical (unpaired) electrons. The predicted molar refractivity (Wildman–Crippen MR) is 195 cm³/mol. The maximum Gasteiger partial charge on any atom is 0.341 e. The zero-order chi connectivity index (χ0) is 37.5. The average Bonchev–Trinajstić information content (AvgIpc) is 3.85. The smallest absolute Gasteiger partial charge is 0.341 e. The van der Waals surface area contributed by atoms with Gasteiger partial charge in [0, 0.05) is 36.9 Å². The lowest BCUT2D eigenvalue weighted by Gasteiger charge is -2.63. The van der Waals surface area contributed by atoms with Crippen LogP contribution in [0.5, 0.6) is 0 Å². The van der Waals surface area contributed by atoms with Gasteiger partial charge in [-0.3, -0.25) is 19.5 Å². The number of aliphatic hydroxyl groups excluding tert-OH is 2. The van der Waals surface area contributed by atoms with Crippen molar-refractivity contribution in [3.05, 3.63) is 63.9 Å². The lowest BCUT2D eigenvalue weighted by Crippen LogP contribution is -2.68. The van der Waals surface area contributed by atoms with Crippen LogP contribution >= 0.6 is 0 Å². The molecule has 4 fully saturated rings. The van der Waals surface area contributed by atoms with Gasteiger partial charge < -0.3 is 40.8 Å². The van der Waals surface area contributed by atoms with Gasteiger partial charge in [-0.1, -0.05) is 19.9 Å². The van der Waals surface area contributed by atoms with Gasteiger partial charge in [0.15, 0.2) is 11.7 Å². The Morgan fingerprint density at radius 2 is 2.00 bits per heavy atom. The first kappa shape index (κ1) is 37.3. The van der Waals surface area contributed by atoms with E-state index >= 15 is 0 Å². The van der Waals surface area contributed by atoms with Gasteiger partial charge in [0.1, 0.15) is 17.2 Å². The molecule has 6 unspecified atom stereocenters. The maximum absolute atomic E-state index is 13.7. The van der Waals surface area contributed by atoms with Crippen LogP contribution in [-0.2, 0) is 23.8 Å². The number of esters is 1. The Labute approximate surface area is 308 Å². The van der Waals surface area contributed by atoms with Crippen molar-refractivity contribution in [2.24, 2.45) is 22.7 Å². The van der Waals surface area contributed by atoms with Crippen LogP contribution in [0.15, 0.2) is 52.8 Å². The third-order valence-electron chi connectivity index (χ3n) is 12.7. The van der Waals surface area contributed by atoms with Crippen LogP contribution in [0.25, 0.3) is 6.08 Å². The minimum atomic E-state index is -0.811. The van der Waals surface area contributed by atoms with Crippen molar-refractivity contribution < 1.29 is 34.0 Å². The largest absolute Gasteiger partial charge is 0.423 e. The Morgan fingerprint density at radius 1 is 1.23 bits per heavy atom. The Bertz CT molecular complexity index is 1810. The summed E-state index contributed by atoms with van der Waals surface area (Å²) in [6.45, 7) is 9.26. The van der Waals surface area contributed by atoms with Crippen molar-refractivity contribution in [1.82, 2.24) is 25.2 Å². The first-order valence-electron chi connectivity index (χ1n) is 18.6. The molecule has 5 aliphatic rings. The third-order valence-corrected chi connectivity index (χ3v) is 12.7. The number of pyridine rings is 1. The zero-order valence-electron chi connectivity index (χ0n) is 30.5. The van der Waals surface area contributed by atoms with Crippen molar-refractivity contribution in [2.45, 2.75) is 76.3 Å². The van der Waals surface area contributed by atoms with Crippen LogP contribution in [-0.4, -0.2) is 118 Å². The van der Waals surface area contributed by atoms with Gasteiger partial charge in [0.25, 0.3) is 5.56 Å². The molecule has 15 heteroatoms. The average molecular weight is 734 g/mol. The molecule has 5 heterocycles. The summed E-state index contributed by atoms with van der Waals surface area (Å²) in [5, 5.41) is 29.5. The number of ether oxygens (including phenoxy) is 3. The van der Waals surface area contributed by atoms with Crippen LogP contribution in [0.3, 0.4) is 0 Å². The van der Waals surface area contributed by atoms with Crippen LogP contribution in [0.2, 0.25) is 0 Å². The number of ketones is 1. The number of nitrogen functional groups attached to an aromatic ring is 1. The molecule has 2 aromatic heterocycles. The number of hydrogen-bond acceptors (Lipinski definition) is 14. The number of H-pyrrole nitrogens is 1. The van der Waals surface area contributed by atoms with Gasteiger partial charge in [-0.05, 0) is 74.1 Å². The molecular formula is C38H51N7O8. The van der Waals surface area contributed by atoms with Crippen LogP contribution in [0.1, 0.15) is 52.0 Å². The number of nitrogens with zero attached hydrogens (tertiary/aromatic N) is 3. The van der Waals surface area contributed by atoms with E-state index in [0.717, 1.165) is 0 Å². The normalized spacial score (nSPS) is 34.6. The minimum Gasteiger partial charge on any atom is -0.423 e. The number of allylic oxidation sites excluding steroid dienone is 1. The number of hydrogen-bond donors (Lipinski definition) is 6. The Hall–Kier alpha value is -3.99. The number of Topliss-reactive ketones (excluding diaryl/α,β-unsaturated/α-hetero) is 1. The molecular weight excluding hydrogens is 682 g/mol. The van der Waals surface area contributed by atoms with E-state index in [1.807, 2.05) is 32.0 Å². The summed E-state index contributed by atoms with van der Waals surface area (Å²) in [7, 11) is 0. The molecule has 2 aliphatic carbocycles. The molecule has 1 spiro atoms. The predicted octanol–water partition coefficient (Wildman–Crippen LogP) is 1.25. The molecule has 7 rings (SSSR count). The van der Waals surface area contributed by atoms with Gasteiger partial charge >= 0.3 is 5.97 Å². The highest BCUT2D eigenvalue weighted by Gasteiger charge is 2.71. The number of anilines is 2. The third kappa shape index (κ3) is 7.18. The van der Waals surface area contributed by atoms with Gasteiger partial charge in [0.2, 0.25) is 0 Å². The number of carbonyl (C=O) groups excluding carboxylic acids is 2. The number of nitrogens with one attached hydrogen (secondary N) is 3. The van der Waals surface area contributed by atoms with Crippen molar-refractivity contribution in [1.29, 1.82) is 0 Å². The van der Waals surface area contributed by atoms with E-state index in [1.54, 1.807) is 12.3 Å². The number of rotatable bonds is 12. The number of cyclic esters (lactones) is 1. The molecule has 2 saturated carbocycles. The van der Waals surface area contributed by atoms with Gasteiger partial charge in [-0.25, -0.2) is 14.8 Å². The highest BCUT2D eigenvalue weighted by Crippen LogP contribution is 2.66. The van der Waals surface area contributed by atoms with E-state index in [0.29, 0.717) is 76.5 Å². The first-order chi connectivity index (χ1) is 25.4. The van der Waals surface area contributed by atoms with Crippen molar-refractivity contribution in [3.8, 4) is 0 Å². The summed E-state index contributed by atoms with van der Waals surface area (Å²) in [4.78, 5) is 52.9. The van der Waals surface area contributed by atoms with E-state index in [4.69, 9.17) is 19.9 Å². The standard InChI is InChI=1S/C38H51N7O8/c1-22(27(47)19-45-10-12-51-13-11-45)42-30-17-28-36(2,8-7-31(48)37(28,3)20-46)29(38(30)21-52-38)16-26(43-32-6-4-5-9-40-32)25-15-24(53-34(25)50)14-23-18-41-35(39)44-33(23)49/h4-6,9,14-15,18,22,26,28-31,42,46,48H,7-8,10-13,16-17,19-21H2,1-3H3,(H,40,43)(H3,39,41,44,49)/b24-14+/t22?,26?,28?,29?,30?,31-,36+,37+,38?/m1/s1. The Balaban J connectivity index is 1.24. The summed E-state index contributed by atoms with van der Waals surface area (Å²) in [6, 6.07) is 4.13. The van der Waals surface area contributed by atoms with Crippen molar-refractivity contribution >= 4 is 29.6 Å². The molecule has 0 amide bonds. The molecule has 0 aromatic carbocycles. The van der Waals surface area contributed by atoms with E-state index < -0.39 is 46.1 Å². The molecule has 53 heavy (non-hydrogen) atoms. The quantitative estimate of drug-likeness (QED) is 0.134. The fraction of sp³-hybridized carbons (Fsp3) is 0.605. The number of aromatic amines is 1. The van der Waals surface area contributed by atoms with Gasteiger partial charge in [-0.2, -0.15) is 0 Å². The number of aromatic nitrogens is 3. The van der Waals surface area contributed by atoms with Crippen LogP contribution in [0.4, 0.5) is 11.8 Å². The lowest BCUT2D eigenvalue weighted by molar-refractivity contribution is -0.184. The van der Waals surface area contributed by atoms with E-state index in [9.17, 15) is 24.6 Å². The number of epoxide rings is 1. The number of fused-ring (bicyclic) bond motifs is 1. The van der Waals surface area contributed by atoms with E-state index in [-0.39, 0.29) is 47.5 Å². The summed E-state index contributed by atoms with van der Waals surface area (Å²) >= 11 is 0. The topological polar surface area (TPSA) is 218 Å². The fourth-order valence-corrected chi connectivity index (χ4v) is 9.54. The number of aliphatic hydroxyl groups is 2. The SMILES string of the molecule is CC(NC1CC2[C@](C)(CC[C@@H](O)[C@@]2(C)CO)C(CC(Nc2ccccn2)C2=C/C(=C\c3cnc(N)[nH]c3=O)OC2=O)C12CO2)C(=O)CN1CCOCC1. The van der Waals surface area contributed by atoms with Gasteiger partial charge in [0.05, 0.1) is 62.3 Å². The lowest BCUT2D eigenvalue weighted by atomic mass is 9.43. The molecule has 7 N–H and O–H groups in total. The minimum absolute atomic E-state index is 0.0249. The summed E-state index contributed by atoms with van der Waals surface area (Å²) in [6.07, 6.45) is 7.54. The monoisotopic (exact) mass is 733 g/mol. The number of morpholine rings is 1. The molecule has 0 bridgehead atoms. The first-order valence-corrected chi connectivity index (χ1v) is 18.6. The number of carbonyl (C=O) groups is 2. The molecule has 9 atom stereocenters. The second-order valence-electron chi connectivity index (χ2n) is 15.8. The highest BCUT2D eigenvalue weighted by atomic mass is 16.6. The van der Waals surface area contributed by atoms with Crippen LogP contribution in [0, 0.1) is 22.7 Å². The summed E-state index contributed by atoms with van der Waals surface area (Å²) < 4.78 is 17.7. The summed E-state index contributed by atoms with van der Waals surface area (Å²) in [5.41, 5.74) is 3.77. The van der Waals surface area contributed by atoms with Crippen molar-refractivity contribution in [3.63, 3.8) is 0 Å². The molecule has 2 saturated heterocycles. The molecule has 2 aromatic rings. The Morgan fingerprint density at radius 3 is 2.68 bits per heavy atom. The Kier molecular flexibility index (Phi) is 10.3. The van der Waals surface area contributed by atoms with Crippen molar-refractivity contribution in [2.75, 3.05) is 57.1 Å². The molecule has 15 nitrogen and oxygen atoms in total. The second-order valence-corrected chi connectivity index (χ2v) is 15.8. The molecule has 3 aliphatic heterocycles. The van der Waals surface area contributed by atoms with E-state index in [1.165, 1.54) is 12.3 Å². The highest BCUT2D eigenvalue weighted by molar-refractivity contribution is 5.95. The maximum atomic E-state index is 13.7. The summed E-state index contributed by atoms with van der Waals surface area (Å²) in [5.74, 6) is -0.124. The second kappa shape index (κ2) is 14.7.